The van der Waals surface area contributed by atoms with Gasteiger partial charge in [0.25, 0.3) is 0 Å². The minimum Gasteiger partial charge on any atom is -0.380 e. The molecule has 6 nitrogen and oxygen atoms in total. The summed E-state index contributed by atoms with van der Waals surface area (Å²) in [5.74, 6) is 1.36. The van der Waals surface area contributed by atoms with Gasteiger partial charge in [0.1, 0.15) is 15.6 Å². The molecule has 1 fully saturated rings. The Hall–Kier alpha value is -0.920. The molecule has 1 aliphatic rings. The molecule has 2 atom stereocenters. The highest BCUT2D eigenvalue weighted by molar-refractivity contribution is 7.90. The second-order valence-electron chi connectivity index (χ2n) is 5.56. The summed E-state index contributed by atoms with van der Waals surface area (Å²) >= 11 is 0. The van der Waals surface area contributed by atoms with Crippen molar-refractivity contribution in [1.82, 2.24) is 10.1 Å². The Labute approximate surface area is 120 Å². The maximum atomic E-state index is 11.2. The summed E-state index contributed by atoms with van der Waals surface area (Å²) in [5, 5.41) is 3.89. The van der Waals surface area contributed by atoms with Crippen LogP contribution in [-0.2, 0) is 21.0 Å². The quantitative estimate of drug-likeness (QED) is 0.763. The van der Waals surface area contributed by atoms with E-state index in [0.717, 1.165) is 31.0 Å². The van der Waals surface area contributed by atoms with E-state index in [-0.39, 0.29) is 11.9 Å². The number of hydrogen-bond acceptors (Lipinski definition) is 6. The van der Waals surface area contributed by atoms with Crippen molar-refractivity contribution in [3.63, 3.8) is 0 Å². The summed E-state index contributed by atoms with van der Waals surface area (Å²) in [5.41, 5.74) is 0.876. The molecule has 0 unspecified atom stereocenters. The number of likely N-dealkylation sites (tertiary alicyclic amines) is 1. The fourth-order valence-corrected chi connectivity index (χ4v) is 3.23. The van der Waals surface area contributed by atoms with E-state index in [2.05, 4.69) is 10.1 Å². The van der Waals surface area contributed by atoms with Gasteiger partial charge in [-0.2, -0.15) is 0 Å². The van der Waals surface area contributed by atoms with E-state index in [4.69, 9.17) is 9.26 Å². The molecule has 114 valence electrons. The van der Waals surface area contributed by atoms with Crippen molar-refractivity contribution in [1.29, 1.82) is 0 Å². The van der Waals surface area contributed by atoms with E-state index in [0.29, 0.717) is 12.5 Å². The molecule has 0 aromatic carbocycles. The maximum Gasteiger partial charge on any atom is 0.148 e. The number of ether oxygens (including phenoxy) is 1. The largest absolute Gasteiger partial charge is 0.380 e. The predicted octanol–water partition coefficient (Wildman–Crippen LogP) is 0.517. The van der Waals surface area contributed by atoms with Crippen LogP contribution in [0.5, 0.6) is 0 Å². The van der Waals surface area contributed by atoms with Gasteiger partial charge in [0.15, 0.2) is 0 Å². The molecular weight excluding hydrogens is 280 g/mol. The zero-order chi connectivity index (χ0) is 14.8. The summed E-state index contributed by atoms with van der Waals surface area (Å²) in [7, 11) is -1.22. The molecule has 1 aliphatic heterocycles. The average molecular weight is 302 g/mol. The van der Waals surface area contributed by atoms with Crippen LogP contribution < -0.4 is 0 Å². The van der Waals surface area contributed by atoms with E-state index in [1.54, 1.807) is 7.11 Å². The topological polar surface area (TPSA) is 72.6 Å². The van der Waals surface area contributed by atoms with Crippen LogP contribution in [0.3, 0.4) is 0 Å². The Kier molecular flexibility index (Phi) is 4.82. The smallest absolute Gasteiger partial charge is 0.148 e. The molecule has 0 saturated carbocycles. The first kappa shape index (κ1) is 15.5. The third-order valence-electron chi connectivity index (χ3n) is 3.68. The van der Waals surface area contributed by atoms with Crippen molar-refractivity contribution >= 4 is 9.84 Å². The zero-order valence-corrected chi connectivity index (χ0v) is 13.0. The van der Waals surface area contributed by atoms with Crippen LogP contribution in [0.15, 0.2) is 10.6 Å². The molecule has 0 aliphatic carbocycles. The third kappa shape index (κ3) is 4.29. The van der Waals surface area contributed by atoms with Crippen LogP contribution in [0.1, 0.15) is 11.5 Å². The Morgan fingerprint density at radius 1 is 1.50 bits per heavy atom. The Balaban J connectivity index is 1.92. The minimum atomic E-state index is -2.92. The second-order valence-corrected chi connectivity index (χ2v) is 7.82. The Bertz CT molecular complexity index is 540. The molecule has 2 rings (SSSR count). The van der Waals surface area contributed by atoms with Gasteiger partial charge in [0.05, 0.1) is 17.6 Å². The number of sulfone groups is 1. The third-order valence-corrected chi connectivity index (χ3v) is 4.60. The van der Waals surface area contributed by atoms with E-state index in [1.165, 1.54) is 6.26 Å². The van der Waals surface area contributed by atoms with Crippen LogP contribution in [-0.4, -0.2) is 63.3 Å². The van der Waals surface area contributed by atoms with Gasteiger partial charge in [0, 0.05) is 51.4 Å². The Morgan fingerprint density at radius 3 is 2.80 bits per heavy atom. The number of aromatic nitrogens is 1. The van der Waals surface area contributed by atoms with Crippen molar-refractivity contribution in [3.8, 4) is 0 Å². The van der Waals surface area contributed by atoms with Crippen LogP contribution in [0.4, 0.5) is 0 Å². The fourth-order valence-electron chi connectivity index (χ4n) is 2.64. The van der Waals surface area contributed by atoms with Gasteiger partial charge in [-0.1, -0.05) is 5.16 Å². The Morgan fingerprint density at radius 2 is 2.25 bits per heavy atom. The molecule has 1 saturated heterocycles. The van der Waals surface area contributed by atoms with Crippen molar-refractivity contribution in [2.75, 3.05) is 38.8 Å². The predicted molar refractivity (Wildman–Crippen MR) is 75.4 cm³/mol. The summed E-state index contributed by atoms with van der Waals surface area (Å²) in [6.07, 6.45) is 2.15. The normalized spacial score (nSPS) is 24.4. The SMILES string of the molecule is CO[C@H]1CN(CCS(C)(=O)=O)C[C@H]1Cc1cc(C)no1. The van der Waals surface area contributed by atoms with E-state index in [1.807, 2.05) is 13.0 Å². The maximum absolute atomic E-state index is 11.2. The molecule has 7 heteroatoms. The summed E-state index contributed by atoms with van der Waals surface area (Å²) < 4.78 is 33.2. The highest BCUT2D eigenvalue weighted by Gasteiger charge is 2.33. The number of nitrogens with zero attached hydrogens (tertiary/aromatic N) is 2. The molecule has 0 spiro atoms. The van der Waals surface area contributed by atoms with Crippen LogP contribution in [0.25, 0.3) is 0 Å². The monoisotopic (exact) mass is 302 g/mol. The lowest BCUT2D eigenvalue weighted by molar-refractivity contribution is 0.0767. The van der Waals surface area contributed by atoms with E-state index in [9.17, 15) is 8.42 Å². The van der Waals surface area contributed by atoms with Crippen molar-refractivity contribution in [2.24, 2.45) is 5.92 Å². The molecular formula is C13H22N2O4S. The van der Waals surface area contributed by atoms with Crippen molar-refractivity contribution in [3.05, 3.63) is 17.5 Å². The first-order valence-corrected chi connectivity index (χ1v) is 8.78. The summed E-state index contributed by atoms with van der Waals surface area (Å²) in [6.45, 7) is 4.05. The number of rotatable bonds is 6. The van der Waals surface area contributed by atoms with Crippen LogP contribution in [0, 0.1) is 12.8 Å². The molecule has 1 aromatic heterocycles. The first-order chi connectivity index (χ1) is 9.37. The van der Waals surface area contributed by atoms with E-state index < -0.39 is 9.84 Å². The summed E-state index contributed by atoms with van der Waals surface area (Å²) in [4.78, 5) is 2.14. The van der Waals surface area contributed by atoms with Gasteiger partial charge in [0.2, 0.25) is 0 Å². The standard InChI is InChI=1S/C13H22N2O4S/c1-10-6-12(19-14-10)7-11-8-15(9-13(11)18-2)4-5-20(3,16)17/h6,11,13H,4-5,7-9H2,1-3H3/t11-,13+/m1/s1. The van der Waals surface area contributed by atoms with Gasteiger partial charge in [-0.05, 0) is 6.92 Å². The lowest BCUT2D eigenvalue weighted by atomic mass is 10.0. The molecule has 0 radical (unpaired) electrons. The van der Waals surface area contributed by atoms with Gasteiger partial charge in [-0.25, -0.2) is 8.42 Å². The van der Waals surface area contributed by atoms with E-state index >= 15 is 0 Å². The van der Waals surface area contributed by atoms with Gasteiger partial charge >= 0.3 is 0 Å². The molecule has 2 heterocycles. The second kappa shape index (κ2) is 6.24. The van der Waals surface area contributed by atoms with Crippen molar-refractivity contribution < 1.29 is 17.7 Å². The van der Waals surface area contributed by atoms with Crippen LogP contribution >= 0.6 is 0 Å². The number of methoxy groups -OCH3 is 1. The highest BCUT2D eigenvalue weighted by atomic mass is 32.2. The van der Waals surface area contributed by atoms with Crippen LogP contribution in [0.2, 0.25) is 0 Å². The van der Waals surface area contributed by atoms with Crippen molar-refractivity contribution in [2.45, 2.75) is 19.4 Å². The fraction of sp³-hybridized carbons (Fsp3) is 0.769. The molecule has 0 N–H and O–H groups in total. The zero-order valence-electron chi connectivity index (χ0n) is 12.2. The highest BCUT2D eigenvalue weighted by Crippen LogP contribution is 2.23. The number of aryl methyl sites for hydroxylation is 1. The van der Waals surface area contributed by atoms with Gasteiger partial charge in [-0.15, -0.1) is 0 Å². The molecule has 0 bridgehead atoms. The lowest BCUT2D eigenvalue weighted by Gasteiger charge is -2.14. The van der Waals surface area contributed by atoms with Gasteiger partial charge < -0.3 is 9.26 Å². The van der Waals surface area contributed by atoms with Gasteiger partial charge in [-0.3, -0.25) is 4.90 Å². The minimum absolute atomic E-state index is 0.111. The molecule has 20 heavy (non-hydrogen) atoms. The summed E-state index contributed by atoms with van der Waals surface area (Å²) in [6, 6.07) is 1.94. The number of hydrogen-bond donors (Lipinski definition) is 0. The average Bonchev–Trinajstić information content (AvgIpc) is 2.93. The lowest BCUT2D eigenvalue weighted by Crippen LogP contribution is -2.28. The molecule has 0 amide bonds. The molecule has 1 aromatic rings. The first-order valence-electron chi connectivity index (χ1n) is 6.72.